The first-order valence-electron chi connectivity index (χ1n) is 8.19. The molecule has 0 radical (unpaired) electrons. The van der Waals surface area contributed by atoms with Gasteiger partial charge in [-0.05, 0) is 61.5 Å². The van der Waals surface area contributed by atoms with E-state index in [-0.39, 0.29) is 0 Å². The molecule has 0 fully saturated rings. The predicted molar refractivity (Wildman–Crippen MR) is 101 cm³/mol. The van der Waals surface area contributed by atoms with Crippen LogP contribution in [-0.2, 0) is 0 Å². The fourth-order valence-electron chi connectivity index (χ4n) is 3.03. The molecule has 0 aliphatic carbocycles. The number of hydrogen-bond acceptors (Lipinski definition) is 4. The van der Waals surface area contributed by atoms with Gasteiger partial charge in [-0.15, -0.1) is 0 Å². The third kappa shape index (κ3) is 2.86. The molecule has 2 N–H and O–H groups in total. The zero-order valence-corrected chi connectivity index (χ0v) is 14.0. The maximum Gasteiger partial charge on any atom is 0.144 e. The largest absolute Gasteiger partial charge is 0.328 e. The Labute approximate surface area is 146 Å². The molecule has 0 amide bonds. The van der Waals surface area contributed by atoms with E-state index in [0.29, 0.717) is 6.67 Å². The molecule has 0 saturated heterocycles. The Morgan fingerprint density at radius 2 is 1.80 bits per heavy atom. The van der Waals surface area contributed by atoms with E-state index in [9.17, 15) is 0 Å². The lowest BCUT2D eigenvalue weighted by Crippen LogP contribution is -2.24. The molecule has 0 unspecified atom stereocenters. The molecule has 1 aromatic carbocycles. The topological polar surface area (TPSA) is 60.0 Å². The molecule has 0 bridgehead atoms. The lowest BCUT2D eigenvalue weighted by Gasteiger charge is -2.23. The number of aryl methyl sites for hydroxylation is 1. The molecule has 0 spiro atoms. The highest BCUT2D eigenvalue weighted by atomic mass is 15.2. The molecule has 3 heterocycles. The highest BCUT2D eigenvalue weighted by Gasteiger charge is 2.09. The minimum Gasteiger partial charge on any atom is -0.328 e. The Balaban J connectivity index is 1.69. The summed E-state index contributed by atoms with van der Waals surface area (Å²) in [4.78, 5) is 10.8. The Hall–Kier alpha value is -3.18. The Morgan fingerprint density at radius 3 is 2.56 bits per heavy atom. The molecule has 124 valence electrons. The van der Waals surface area contributed by atoms with Crippen LogP contribution in [0.4, 0.5) is 11.4 Å². The molecular weight excluding hydrogens is 310 g/mol. The summed E-state index contributed by atoms with van der Waals surface area (Å²) in [6.07, 6.45) is 5.66. The van der Waals surface area contributed by atoms with E-state index in [1.54, 1.807) is 6.20 Å². The molecule has 4 aromatic rings. The maximum absolute atomic E-state index is 5.98. The van der Waals surface area contributed by atoms with E-state index in [2.05, 4.69) is 55.8 Å². The third-order valence-corrected chi connectivity index (χ3v) is 4.26. The number of pyridine rings is 2. The SMILES string of the molecule is Cc1cc(N(CN)c2ccc(-n3ccc4cccnc43)cc2)ccn1. The second-order valence-corrected chi connectivity index (χ2v) is 5.88. The van der Waals surface area contributed by atoms with E-state index in [0.717, 1.165) is 33.8 Å². The van der Waals surface area contributed by atoms with Gasteiger partial charge in [-0.2, -0.15) is 0 Å². The van der Waals surface area contributed by atoms with E-state index in [1.807, 2.05) is 37.5 Å². The average molecular weight is 329 g/mol. The van der Waals surface area contributed by atoms with E-state index in [4.69, 9.17) is 5.73 Å². The van der Waals surface area contributed by atoms with Crippen LogP contribution in [-0.4, -0.2) is 21.2 Å². The van der Waals surface area contributed by atoms with Gasteiger partial charge in [0.2, 0.25) is 0 Å². The highest BCUT2D eigenvalue weighted by Crippen LogP contribution is 2.26. The summed E-state index contributed by atoms with van der Waals surface area (Å²) in [6, 6.07) is 18.4. The standard InChI is InChI=1S/C20H19N5/c1-15-13-19(8-11-22-15)25(14-21)18-6-4-17(5-7-18)24-12-9-16-3-2-10-23-20(16)24/h2-13H,14,21H2,1H3. The van der Waals surface area contributed by atoms with Gasteiger partial charge in [0.05, 0.1) is 6.67 Å². The second kappa shape index (κ2) is 6.37. The summed E-state index contributed by atoms with van der Waals surface area (Å²) in [6.45, 7) is 2.38. The summed E-state index contributed by atoms with van der Waals surface area (Å²) >= 11 is 0. The normalized spacial score (nSPS) is 11.0. The van der Waals surface area contributed by atoms with Crippen molar-refractivity contribution in [3.05, 3.63) is 78.9 Å². The molecule has 0 aliphatic rings. The Bertz CT molecular complexity index is 1000. The summed E-state index contributed by atoms with van der Waals surface area (Å²) < 4.78 is 2.09. The van der Waals surface area contributed by atoms with Gasteiger partial charge < -0.3 is 15.2 Å². The number of anilines is 2. The van der Waals surface area contributed by atoms with Gasteiger partial charge in [0, 0.05) is 46.7 Å². The molecule has 5 heteroatoms. The van der Waals surface area contributed by atoms with Crippen molar-refractivity contribution in [1.82, 2.24) is 14.5 Å². The van der Waals surface area contributed by atoms with Crippen molar-refractivity contribution in [2.45, 2.75) is 6.92 Å². The predicted octanol–water partition coefficient (Wildman–Crippen LogP) is 3.78. The van der Waals surface area contributed by atoms with Crippen molar-refractivity contribution in [3.8, 4) is 5.69 Å². The first-order valence-corrected chi connectivity index (χ1v) is 8.19. The van der Waals surface area contributed by atoms with Crippen molar-refractivity contribution < 1.29 is 0 Å². The van der Waals surface area contributed by atoms with Crippen LogP contribution in [0.1, 0.15) is 5.69 Å². The molecule has 3 aromatic heterocycles. The molecule has 25 heavy (non-hydrogen) atoms. The summed E-state index contributed by atoms with van der Waals surface area (Å²) in [7, 11) is 0. The average Bonchev–Trinajstić information content (AvgIpc) is 3.07. The zero-order valence-electron chi connectivity index (χ0n) is 14.0. The van der Waals surface area contributed by atoms with E-state index < -0.39 is 0 Å². The van der Waals surface area contributed by atoms with Crippen LogP contribution < -0.4 is 10.6 Å². The molecule has 4 rings (SSSR count). The van der Waals surface area contributed by atoms with Gasteiger partial charge in [-0.3, -0.25) is 4.98 Å². The highest BCUT2D eigenvalue weighted by molar-refractivity contribution is 5.78. The lowest BCUT2D eigenvalue weighted by atomic mass is 10.2. The fraction of sp³-hybridized carbons (Fsp3) is 0.100. The van der Waals surface area contributed by atoms with E-state index in [1.165, 1.54) is 0 Å². The van der Waals surface area contributed by atoms with Gasteiger partial charge in [0.1, 0.15) is 5.65 Å². The monoisotopic (exact) mass is 329 g/mol. The van der Waals surface area contributed by atoms with Crippen molar-refractivity contribution in [1.29, 1.82) is 0 Å². The smallest absolute Gasteiger partial charge is 0.144 e. The minimum atomic E-state index is 0.400. The summed E-state index contributed by atoms with van der Waals surface area (Å²) in [5.41, 5.74) is 11.1. The molecule has 0 aliphatic heterocycles. The number of nitrogens with zero attached hydrogens (tertiary/aromatic N) is 4. The van der Waals surface area contributed by atoms with Crippen molar-refractivity contribution in [2.24, 2.45) is 5.73 Å². The molecule has 0 atom stereocenters. The molecular formula is C20H19N5. The number of rotatable bonds is 4. The Kier molecular flexibility index (Phi) is 3.91. The number of nitrogens with two attached hydrogens (primary N) is 1. The molecule has 0 saturated carbocycles. The van der Waals surface area contributed by atoms with Crippen molar-refractivity contribution >= 4 is 22.4 Å². The van der Waals surface area contributed by atoms with Gasteiger partial charge in [-0.1, -0.05) is 0 Å². The number of fused-ring (bicyclic) bond motifs is 1. The maximum atomic E-state index is 5.98. The van der Waals surface area contributed by atoms with Crippen LogP contribution in [0.25, 0.3) is 16.7 Å². The van der Waals surface area contributed by atoms with Crippen molar-refractivity contribution in [2.75, 3.05) is 11.6 Å². The van der Waals surface area contributed by atoms with E-state index >= 15 is 0 Å². The van der Waals surface area contributed by atoms with Gasteiger partial charge in [0.15, 0.2) is 0 Å². The van der Waals surface area contributed by atoms with Gasteiger partial charge >= 0.3 is 0 Å². The van der Waals surface area contributed by atoms with Crippen LogP contribution in [0.5, 0.6) is 0 Å². The number of benzene rings is 1. The summed E-state index contributed by atoms with van der Waals surface area (Å²) in [5.74, 6) is 0. The van der Waals surface area contributed by atoms with Crippen molar-refractivity contribution in [3.63, 3.8) is 0 Å². The Morgan fingerprint density at radius 1 is 0.960 bits per heavy atom. The summed E-state index contributed by atoms with van der Waals surface area (Å²) in [5, 5.41) is 1.13. The molecule has 5 nitrogen and oxygen atoms in total. The van der Waals surface area contributed by atoms with Crippen LogP contribution in [0.2, 0.25) is 0 Å². The first kappa shape index (κ1) is 15.4. The fourth-order valence-corrected chi connectivity index (χ4v) is 3.03. The minimum absolute atomic E-state index is 0.400. The van der Waals surface area contributed by atoms with Crippen LogP contribution in [0.3, 0.4) is 0 Å². The first-order chi connectivity index (χ1) is 12.3. The van der Waals surface area contributed by atoms with Gasteiger partial charge in [0.25, 0.3) is 0 Å². The lowest BCUT2D eigenvalue weighted by molar-refractivity contribution is 0.974. The number of hydrogen-bond donors (Lipinski definition) is 1. The van der Waals surface area contributed by atoms with Crippen LogP contribution in [0, 0.1) is 6.92 Å². The quantitative estimate of drug-likeness (QED) is 0.579. The third-order valence-electron chi connectivity index (χ3n) is 4.26. The van der Waals surface area contributed by atoms with Crippen LogP contribution in [0.15, 0.2) is 73.2 Å². The van der Waals surface area contributed by atoms with Gasteiger partial charge in [-0.25, -0.2) is 4.98 Å². The van der Waals surface area contributed by atoms with Crippen LogP contribution >= 0.6 is 0 Å². The number of aromatic nitrogens is 3. The zero-order chi connectivity index (χ0) is 17.2. The second-order valence-electron chi connectivity index (χ2n) is 5.88.